The molecule has 0 spiro atoms. The van der Waals surface area contributed by atoms with E-state index in [1.807, 2.05) is 36.4 Å². The van der Waals surface area contributed by atoms with Crippen molar-refractivity contribution in [3.8, 4) is 11.1 Å². The highest BCUT2D eigenvalue weighted by atomic mass is 16.4. The molecule has 0 aliphatic heterocycles. The van der Waals surface area contributed by atoms with Gasteiger partial charge in [-0.1, -0.05) is 72.8 Å². The number of aryl methyl sites for hydroxylation is 2. The van der Waals surface area contributed by atoms with Crippen molar-refractivity contribution in [3.63, 3.8) is 0 Å². The van der Waals surface area contributed by atoms with Gasteiger partial charge in [0.2, 0.25) is 5.91 Å². The van der Waals surface area contributed by atoms with Gasteiger partial charge in [0, 0.05) is 13.3 Å². The molecule has 0 saturated heterocycles. The molecule has 0 heterocycles. The first kappa shape index (κ1) is 19.9. The Bertz CT molecular complexity index is 1040. The van der Waals surface area contributed by atoms with Crippen LogP contribution >= 0.6 is 0 Å². The number of rotatable bonds is 7. The number of hydrogen-bond acceptors (Lipinski definition) is 2. The number of carboxylic acid groups (broad SMARTS) is 1. The topological polar surface area (TPSA) is 66.4 Å². The second kappa shape index (κ2) is 8.15. The van der Waals surface area contributed by atoms with Crippen molar-refractivity contribution in [1.29, 1.82) is 0 Å². The van der Waals surface area contributed by atoms with Crippen molar-refractivity contribution in [2.45, 2.75) is 38.1 Å². The summed E-state index contributed by atoms with van der Waals surface area (Å²) in [5.41, 5.74) is 6.26. The molecule has 30 heavy (non-hydrogen) atoms. The van der Waals surface area contributed by atoms with Gasteiger partial charge in [-0.15, -0.1) is 0 Å². The number of hydrogen-bond donors (Lipinski definition) is 2. The Kier molecular flexibility index (Phi) is 5.40. The summed E-state index contributed by atoms with van der Waals surface area (Å²) >= 11 is 0. The molecule has 1 aliphatic carbocycles. The minimum Gasteiger partial charge on any atom is -0.481 e. The van der Waals surface area contributed by atoms with Crippen LogP contribution in [-0.2, 0) is 28.0 Å². The molecule has 2 N–H and O–H groups in total. The molecule has 4 heteroatoms. The van der Waals surface area contributed by atoms with E-state index in [2.05, 4.69) is 41.7 Å². The minimum absolute atomic E-state index is 0.0504. The van der Waals surface area contributed by atoms with Gasteiger partial charge < -0.3 is 10.4 Å². The van der Waals surface area contributed by atoms with Crippen LogP contribution in [0.1, 0.15) is 42.0 Å². The number of nitrogens with one attached hydrogen (secondary N) is 1. The number of carboxylic acids is 1. The van der Waals surface area contributed by atoms with Crippen LogP contribution in [0.2, 0.25) is 0 Å². The van der Waals surface area contributed by atoms with Gasteiger partial charge in [-0.05, 0) is 52.6 Å². The Labute approximate surface area is 176 Å². The predicted molar refractivity (Wildman–Crippen MR) is 117 cm³/mol. The average molecular weight is 399 g/mol. The number of carbonyl (C=O) groups excluding carboxylic acids is 1. The molecule has 3 aromatic carbocycles. The van der Waals surface area contributed by atoms with Gasteiger partial charge in [0.25, 0.3) is 0 Å². The summed E-state index contributed by atoms with van der Waals surface area (Å²) in [7, 11) is 0. The number of amides is 1. The Balaban J connectivity index is 1.64. The van der Waals surface area contributed by atoms with Crippen LogP contribution in [-0.4, -0.2) is 17.0 Å². The molecule has 3 aromatic rings. The Morgan fingerprint density at radius 2 is 1.30 bits per heavy atom. The third-order valence-corrected chi connectivity index (χ3v) is 5.89. The van der Waals surface area contributed by atoms with Gasteiger partial charge in [-0.25, -0.2) is 0 Å². The van der Waals surface area contributed by atoms with Crippen LogP contribution in [0.4, 0.5) is 0 Å². The van der Waals surface area contributed by atoms with Crippen molar-refractivity contribution in [1.82, 2.24) is 5.32 Å². The summed E-state index contributed by atoms with van der Waals surface area (Å²) in [5, 5.41) is 12.1. The van der Waals surface area contributed by atoms with Gasteiger partial charge >= 0.3 is 5.97 Å². The molecule has 4 nitrogen and oxygen atoms in total. The first-order valence-electron chi connectivity index (χ1n) is 10.3. The highest BCUT2D eigenvalue weighted by Gasteiger charge is 2.43. The number of carbonyl (C=O) groups is 2. The van der Waals surface area contributed by atoms with E-state index in [1.165, 1.54) is 16.7 Å². The normalized spacial score (nSPS) is 13.4. The third kappa shape index (κ3) is 3.73. The van der Waals surface area contributed by atoms with Crippen LogP contribution in [0.15, 0.2) is 72.8 Å². The van der Waals surface area contributed by atoms with Gasteiger partial charge in [0.15, 0.2) is 0 Å². The zero-order valence-electron chi connectivity index (χ0n) is 17.0. The maximum Gasteiger partial charge on any atom is 0.303 e. The molecule has 1 aliphatic rings. The quantitative estimate of drug-likeness (QED) is 0.605. The summed E-state index contributed by atoms with van der Waals surface area (Å²) in [6, 6.07) is 24.7. The van der Waals surface area contributed by atoms with E-state index in [9.17, 15) is 9.59 Å². The fourth-order valence-electron chi connectivity index (χ4n) is 4.55. The maximum absolute atomic E-state index is 12.2. The summed E-state index contributed by atoms with van der Waals surface area (Å²) in [6.07, 6.45) is 2.21. The smallest absolute Gasteiger partial charge is 0.303 e. The molecule has 1 amide bonds. The first-order chi connectivity index (χ1) is 14.5. The van der Waals surface area contributed by atoms with Crippen LogP contribution in [0.25, 0.3) is 11.1 Å². The number of aliphatic carboxylic acids is 1. The molecule has 0 radical (unpaired) electrons. The Hall–Kier alpha value is -3.40. The van der Waals surface area contributed by atoms with Gasteiger partial charge in [0.1, 0.15) is 0 Å². The van der Waals surface area contributed by atoms with Crippen molar-refractivity contribution >= 4 is 11.9 Å². The number of benzene rings is 3. The molecule has 0 unspecified atom stereocenters. The molecular formula is C26H25NO3. The molecule has 0 fully saturated rings. The fourth-order valence-corrected chi connectivity index (χ4v) is 4.55. The van der Waals surface area contributed by atoms with Crippen molar-refractivity contribution in [3.05, 3.63) is 95.1 Å². The standard InChI is InChI=1S/C26H25NO3/c1-18(28)27-26(17-16-20-12-10-19(11-13-20)14-15-25(29)30)23-8-4-2-6-21(23)22-7-3-5-9-24(22)26/h2-13H,14-17H2,1H3,(H,27,28)(H,29,30). The summed E-state index contributed by atoms with van der Waals surface area (Å²) < 4.78 is 0. The summed E-state index contributed by atoms with van der Waals surface area (Å²) in [4.78, 5) is 23.0. The lowest BCUT2D eigenvalue weighted by atomic mass is 9.82. The largest absolute Gasteiger partial charge is 0.481 e. The molecule has 0 saturated carbocycles. The molecular weight excluding hydrogens is 374 g/mol. The lowest BCUT2D eigenvalue weighted by Crippen LogP contribution is -2.45. The zero-order valence-corrected chi connectivity index (χ0v) is 17.0. The fraction of sp³-hybridized carbons (Fsp3) is 0.231. The van der Waals surface area contributed by atoms with Crippen molar-refractivity contribution < 1.29 is 14.7 Å². The summed E-state index contributed by atoms with van der Waals surface area (Å²) in [6.45, 7) is 1.57. The van der Waals surface area contributed by atoms with E-state index in [0.717, 1.165) is 29.5 Å². The Morgan fingerprint density at radius 3 is 1.80 bits per heavy atom. The first-order valence-corrected chi connectivity index (χ1v) is 10.3. The second-order valence-corrected chi connectivity index (χ2v) is 7.89. The molecule has 152 valence electrons. The lowest BCUT2D eigenvalue weighted by Gasteiger charge is -2.33. The molecule has 0 bridgehead atoms. The minimum atomic E-state index is -0.783. The van der Waals surface area contributed by atoms with Crippen LogP contribution < -0.4 is 5.32 Å². The monoisotopic (exact) mass is 399 g/mol. The van der Waals surface area contributed by atoms with Crippen molar-refractivity contribution in [2.75, 3.05) is 0 Å². The highest BCUT2D eigenvalue weighted by molar-refractivity contribution is 5.84. The molecule has 0 aromatic heterocycles. The third-order valence-electron chi connectivity index (χ3n) is 5.89. The van der Waals surface area contributed by atoms with Crippen LogP contribution in [0.3, 0.4) is 0 Å². The predicted octanol–water partition coefficient (Wildman–Crippen LogP) is 4.70. The second-order valence-electron chi connectivity index (χ2n) is 7.89. The van der Waals surface area contributed by atoms with Crippen molar-refractivity contribution in [2.24, 2.45) is 0 Å². The van der Waals surface area contributed by atoms with Crippen LogP contribution in [0.5, 0.6) is 0 Å². The van der Waals surface area contributed by atoms with Gasteiger partial charge in [-0.2, -0.15) is 0 Å². The Morgan fingerprint density at radius 1 is 0.800 bits per heavy atom. The summed E-state index contributed by atoms with van der Waals surface area (Å²) in [5.74, 6) is -0.833. The highest BCUT2D eigenvalue weighted by Crippen LogP contribution is 2.49. The van der Waals surface area contributed by atoms with E-state index >= 15 is 0 Å². The lowest BCUT2D eigenvalue weighted by molar-refractivity contribution is -0.137. The van der Waals surface area contributed by atoms with Gasteiger partial charge in [0.05, 0.1) is 5.54 Å². The molecule has 4 rings (SSSR count). The average Bonchev–Trinajstić information content (AvgIpc) is 3.02. The number of fused-ring (bicyclic) bond motifs is 3. The van der Waals surface area contributed by atoms with E-state index in [-0.39, 0.29) is 12.3 Å². The SMILES string of the molecule is CC(=O)NC1(CCc2ccc(CCC(=O)O)cc2)c2ccccc2-c2ccccc21. The van der Waals surface area contributed by atoms with Gasteiger partial charge in [-0.3, -0.25) is 9.59 Å². The zero-order chi connectivity index (χ0) is 21.1. The van der Waals surface area contributed by atoms with E-state index < -0.39 is 11.5 Å². The van der Waals surface area contributed by atoms with E-state index in [0.29, 0.717) is 6.42 Å². The van der Waals surface area contributed by atoms with E-state index in [4.69, 9.17) is 5.11 Å². The van der Waals surface area contributed by atoms with E-state index in [1.54, 1.807) is 6.92 Å². The molecule has 0 atom stereocenters. The van der Waals surface area contributed by atoms with Crippen LogP contribution in [0, 0.1) is 0 Å². The maximum atomic E-state index is 12.2.